The van der Waals surface area contributed by atoms with Gasteiger partial charge in [0.25, 0.3) is 5.91 Å². The molecule has 0 spiro atoms. The highest BCUT2D eigenvalue weighted by Gasteiger charge is 2.14. The molecule has 1 N–H and O–H groups in total. The van der Waals surface area contributed by atoms with Crippen molar-refractivity contribution in [1.82, 2.24) is 10.1 Å². The lowest BCUT2D eigenvalue weighted by Gasteiger charge is -1.97. The van der Waals surface area contributed by atoms with Crippen molar-refractivity contribution >= 4 is 16.8 Å². The van der Waals surface area contributed by atoms with E-state index in [0.29, 0.717) is 10.3 Å². The quantitative estimate of drug-likeness (QED) is 0.761. The van der Waals surface area contributed by atoms with Gasteiger partial charge in [-0.2, -0.15) is 4.79 Å². The third-order valence-corrected chi connectivity index (χ3v) is 2.46. The topological polar surface area (TPSA) is 34.0 Å². The minimum Gasteiger partial charge on any atom is -0.354 e. The molecule has 0 saturated heterocycles. The van der Waals surface area contributed by atoms with E-state index in [2.05, 4.69) is 5.32 Å². The average molecular weight is 206 g/mol. The summed E-state index contributed by atoms with van der Waals surface area (Å²) in [4.78, 5) is 11.8. The van der Waals surface area contributed by atoms with E-state index in [1.165, 1.54) is 7.05 Å². The third kappa shape index (κ3) is 1.38. The summed E-state index contributed by atoms with van der Waals surface area (Å²) in [6, 6.07) is 6.86. The molecular formula is C11H11FN2O. The van der Waals surface area contributed by atoms with Crippen LogP contribution >= 0.6 is 0 Å². The molecule has 1 amide bonds. The van der Waals surface area contributed by atoms with Crippen molar-refractivity contribution in [1.29, 1.82) is 0 Å². The van der Waals surface area contributed by atoms with Gasteiger partial charge in [0.05, 0.1) is 5.52 Å². The van der Waals surface area contributed by atoms with Crippen molar-refractivity contribution < 1.29 is 9.28 Å². The Hall–Kier alpha value is -1.84. The highest BCUT2D eigenvalue weighted by atomic mass is 19.2. The number of amides is 1. The maximum Gasteiger partial charge on any atom is 0.270 e. The summed E-state index contributed by atoms with van der Waals surface area (Å²) in [5.41, 5.74) is 1.41. The Bertz CT molecular complexity index is 531. The van der Waals surface area contributed by atoms with Crippen molar-refractivity contribution in [3.63, 3.8) is 0 Å². The van der Waals surface area contributed by atoms with Crippen LogP contribution in [0, 0.1) is 6.92 Å². The second-order valence-corrected chi connectivity index (χ2v) is 3.40. The number of halogens is 1. The Morgan fingerprint density at radius 2 is 2.20 bits per heavy atom. The van der Waals surface area contributed by atoms with Gasteiger partial charge in [0.15, 0.2) is 0 Å². The number of nitrogens with zero attached hydrogens (tertiary/aromatic N) is 1. The van der Waals surface area contributed by atoms with Crippen LogP contribution in [0.1, 0.15) is 16.1 Å². The Morgan fingerprint density at radius 1 is 1.47 bits per heavy atom. The normalized spacial score (nSPS) is 10.6. The van der Waals surface area contributed by atoms with Crippen LogP contribution in [0.5, 0.6) is 0 Å². The molecule has 0 unspecified atom stereocenters. The van der Waals surface area contributed by atoms with E-state index in [1.54, 1.807) is 18.2 Å². The van der Waals surface area contributed by atoms with Crippen LogP contribution in [0.4, 0.5) is 4.48 Å². The summed E-state index contributed by atoms with van der Waals surface area (Å²) in [5.74, 6) is -0.423. The van der Waals surface area contributed by atoms with Crippen LogP contribution in [0.2, 0.25) is 0 Å². The molecule has 0 radical (unpaired) electrons. The number of nitrogens with one attached hydrogen (secondary N) is 1. The van der Waals surface area contributed by atoms with Crippen molar-refractivity contribution in [2.24, 2.45) is 0 Å². The number of rotatable bonds is 1. The Morgan fingerprint density at radius 3 is 2.80 bits per heavy atom. The van der Waals surface area contributed by atoms with E-state index in [9.17, 15) is 9.28 Å². The van der Waals surface area contributed by atoms with Crippen LogP contribution in [0.15, 0.2) is 24.3 Å². The molecule has 0 atom stereocenters. The van der Waals surface area contributed by atoms with E-state index in [-0.39, 0.29) is 5.69 Å². The van der Waals surface area contributed by atoms with Crippen LogP contribution < -0.4 is 5.32 Å². The number of hydrogen-bond acceptors (Lipinski definition) is 1. The lowest BCUT2D eigenvalue weighted by molar-refractivity contribution is 0.0945. The highest BCUT2D eigenvalue weighted by molar-refractivity contribution is 5.99. The second-order valence-electron chi connectivity index (χ2n) is 3.40. The molecule has 15 heavy (non-hydrogen) atoms. The van der Waals surface area contributed by atoms with Crippen molar-refractivity contribution in [3.8, 4) is 0 Å². The zero-order chi connectivity index (χ0) is 11.0. The van der Waals surface area contributed by atoms with Crippen molar-refractivity contribution in [3.05, 3.63) is 35.5 Å². The van der Waals surface area contributed by atoms with E-state index < -0.39 is 5.91 Å². The molecule has 0 aliphatic heterocycles. The van der Waals surface area contributed by atoms with Gasteiger partial charge >= 0.3 is 0 Å². The highest BCUT2D eigenvalue weighted by Crippen LogP contribution is 2.22. The zero-order valence-electron chi connectivity index (χ0n) is 8.54. The van der Waals surface area contributed by atoms with E-state index in [4.69, 9.17) is 0 Å². The van der Waals surface area contributed by atoms with Gasteiger partial charge in [-0.3, -0.25) is 4.79 Å². The Kier molecular flexibility index (Phi) is 2.19. The fraction of sp³-hybridized carbons (Fsp3) is 0.182. The predicted molar refractivity (Wildman–Crippen MR) is 56.6 cm³/mol. The molecule has 2 aromatic rings. The minimum atomic E-state index is -0.423. The molecule has 78 valence electrons. The molecule has 1 aromatic carbocycles. The van der Waals surface area contributed by atoms with Crippen molar-refractivity contribution in [2.75, 3.05) is 7.05 Å². The summed E-state index contributed by atoms with van der Waals surface area (Å²) < 4.78 is 13.7. The monoisotopic (exact) mass is 206 g/mol. The number of benzene rings is 1. The number of aromatic nitrogens is 1. The smallest absolute Gasteiger partial charge is 0.270 e. The first-order valence-electron chi connectivity index (χ1n) is 4.64. The second kappa shape index (κ2) is 3.38. The summed E-state index contributed by atoms with van der Waals surface area (Å²) in [7, 11) is 1.48. The van der Waals surface area contributed by atoms with Crippen LogP contribution in [0.25, 0.3) is 10.9 Å². The lowest BCUT2D eigenvalue weighted by Crippen LogP contribution is -2.19. The first-order valence-corrected chi connectivity index (χ1v) is 4.64. The molecule has 0 aliphatic rings. The fourth-order valence-corrected chi connectivity index (χ4v) is 1.63. The fourth-order valence-electron chi connectivity index (χ4n) is 1.63. The number of fused-ring (bicyclic) bond motifs is 1. The largest absolute Gasteiger partial charge is 0.354 e. The molecule has 1 aromatic heterocycles. The maximum atomic E-state index is 13.7. The molecular weight excluding hydrogens is 195 g/mol. The molecule has 0 saturated carbocycles. The molecule has 3 nitrogen and oxygen atoms in total. The van der Waals surface area contributed by atoms with Gasteiger partial charge < -0.3 is 5.32 Å². The molecule has 0 aliphatic carbocycles. The predicted octanol–water partition coefficient (Wildman–Crippen LogP) is 2.04. The molecule has 4 heteroatoms. The van der Waals surface area contributed by atoms with E-state index in [1.807, 2.05) is 13.0 Å². The summed E-state index contributed by atoms with van der Waals surface area (Å²) in [6.07, 6.45) is 0. The number of aryl methyl sites for hydroxylation is 1. The van der Waals surface area contributed by atoms with Crippen LogP contribution in [0.3, 0.4) is 0 Å². The van der Waals surface area contributed by atoms with Gasteiger partial charge in [-0.05, 0) is 24.6 Å². The van der Waals surface area contributed by atoms with Crippen LogP contribution in [-0.4, -0.2) is 17.7 Å². The molecule has 1 heterocycles. The van der Waals surface area contributed by atoms with Gasteiger partial charge in [0.2, 0.25) is 0 Å². The Labute approximate surface area is 86.4 Å². The first kappa shape index (κ1) is 9.71. The maximum absolute atomic E-state index is 13.7. The third-order valence-electron chi connectivity index (χ3n) is 2.46. The first-order chi connectivity index (χ1) is 7.15. The standard InChI is InChI=1S/C11H11FN2O/c1-7-4-3-5-9-8(7)6-10(14(9)12)11(15)13-2/h3-6H,1-2H3,(H,13,15). The summed E-state index contributed by atoms with van der Waals surface area (Å²) >= 11 is 0. The van der Waals surface area contributed by atoms with Gasteiger partial charge in [-0.25, -0.2) is 0 Å². The number of hydrogen-bond donors (Lipinski definition) is 1. The molecule has 2 rings (SSSR count). The van der Waals surface area contributed by atoms with Gasteiger partial charge in [-0.1, -0.05) is 16.6 Å². The lowest BCUT2D eigenvalue weighted by atomic mass is 10.1. The molecule has 0 bridgehead atoms. The molecule has 0 fully saturated rings. The van der Waals surface area contributed by atoms with Gasteiger partial charge in [0.1, 0.15) is 5.69 Å². The Balaban J connectivity index is 2.75. The minimum absolute atomic E-state index is 0.0294. The SMILES string of the molecule is CNC(=O)c1cc2c(C)cccc2n1F. The van der Waals surface area contributed by atoms with Gasteiger partial charge in [0, 0.05) is 12.4 Å². The summed E-state index contributed by atoms with van der Waals surface area (Å²) in [5, 5.41) is 3.17. The van der Waals surface area contributed by atoms with Gasteiger partial charge in [-0.15, -0.1) is 0 Å². The number of carbonyl (C=O) groups excluding carboxylic acids is 1. The average Bonchev–Trinajstić information content (AvgIpc) is 2.57. The number of carbonyl (C=O) groups is 1. The van der Waals surface area contributed by atoms with Crippen LogP contribution in [-0.2, 0) is 0 Å². The van der Waals surface area contributed by atoms with E-state index >= 15 is 0 Å². The summed E-state index contributed by atoms with van der Waals surface area (Å²) in [6.45, 7) is 1.88. The zero-order valence-corrected chi connectivity index (χ0v) is 8.54. The van der Waals surface area contributed by atoms with E-state index in [0.717, 1.165) is 10.9 Å². The van der Waals surface area contributed by atoms with Crippen molar-refractivity contribution in [2.45, 2.75) is 6.92 Å².